The van der Waals surface area contributed by atoms with Gasteiger partial charge in [-0.05, 0) is 50.1 Å². The zero-order valence-electron chi connectivity index (χ0n) is 14.6. The fourth-order valence-electron chi connectivity index (χ4n) is 3.49. The van der Waals surface area contributed by atoms with E-state index >= 15 is 0 Å². The van der Waals surface area contributed by atoms with E-state index in [9.17, 15) is 18.7 Å². The first-order valence-corrected chi connectivity index (χ1v) is 8.71. The molecule has 5 nitrogen and oxygen atoms in total. The second-order valence-electron chi connectivity index (χ2n) is 6.71. The van der Waals surface area contributed by atoms with Crippen LogP contribution in [-0.2, 0) is 0 Å². The van der Waals surface area contributed by atoms with Crippen LogP contribution in [0, 0.1) is 11.6 Å². The van der Waals surface area contributed by atoms with Gasteiger partial charge in [-0.25, -0.2) is 23.5 Å². The second-order valence-corrected chi connectivity index (χ2v) is 6.71. The van der Waals surface area contributed by atoms with Gasteiger partial charge in [0.25, 0.3) is 0 Å². The van der Waals surface area contributed by atoms with Gasteiger partial charge in [0.05, 0.1) is 16.6 Å². The minimum atomic E-state index is -1.05. The number of benzene rings is 2. The van der Waals surface area contributed by atoms with E-state index in [2.05, 4.69) is 16.9 Å². The van der Waals surface area contributed by atoms with Gasteiger partial charge in [-0.2, -0.15) is 0 Å². The van der Waals surface area contributed by atoms with E-state index in [0.717, 1.165) is 25.5 Å². The Bertz CT molecular complexity index is 1050. The first-order valence-electron chi connectivity index (χ1n) is 8.71. The molecule has 3 aromatic rings. The van der Waals surface area contributed by atoms with Crippen LogP contribution in [0.4, 0.5) is 14.6 Å². The number of halogens is 2. The van der Waals surface area contributed by atoms with Crippen LogP contribution in [0.15, 0.2) is 36.4 Å². The highest BCUT2D eigenvalue weighted by molar-refractivity contribution is 5.93. The van der Waals surface area contributed by atoms with Crippen molar-refractivity contribution in [2.45, 2.75) is 25.8 Å². The molecule has 138 valence electrons. The molecule has 1 unspecified atom stereocenters. The molecule has 1 aromatic heterocycles. The molecular formula is C20H17F2N3O2. The number of hydrogen-bond donors (Lipinski definition) is 1. The number of anilines is 1. The molecule has 0 saturated carbocycles. The fraction of sp³-hybridized carbons (Fsp3) is 0.250. The lowest BCUT2D eigenvalue weighted by Crippen LogP contribution is -2.28. The molecule has 0 aliphatic carbocycles. The van der Waals surface area contributed by atoms with Crippen LogP contribution >= 0.6 is 0 Å². The van der Waals surface area contributed by atoms with Crippen molar-refractivity contribution in [1.82, 2.24) is 9.97 Å². The van der Waals surface area contributed by atoms with Crippen molar-refractivity contribution >= 4 is 22.8 Å². The number of aromatic nitrogens is 2. The molecular weight excluding hydrogens is 352 g/mol. The maximum absolute atomic E-state index is 14.5. The quantitative estimate of drug-likeness (QED) is 0.747. The maximum atomic E-state index is 14.5. The van der Waals surface area contributed by atoms with Gasteiger partial charge in [-0.3, -0.25) is 0 Å². The Balaban J connectivity index is 1.97. The fourth-order valence-corrected chi connectivity index (χ4v) is 3.49. The van der Waals surface area contributed by atoms with Crippen LogP contribution in [0.2, 0.25) is 0 Å². The third-order valence-electron chi connectivity index (χ3n) is 4.90. The van der Waals surface area contributed by atoms with Crippen LogP contribution in [0.3, 0.4) is 0 Å². The van der Waals surface area contributed by atoms with E-state index in [0.29, 0.717) is 22.5 Å². The van der Waals surface area contributed by atoms with Crippen LogP contribution in [-0.4, -0.2) is 33.6 Å². The highest BCUT2D eigenvalue weighted by atomic mass is 19.1. The number of carboxylic acid groups (broad SMARTS) is 1. The molecule has 0 radical (unpaired) electrons. The summed E-state index contributed by atoms with van der Waals surface area (Å²) in [5.74, 6) is -1.94. The summed E-state index contributed by atoms with van der Waals surface area (Å²) in [5.41, 5.74) is 1.49. The van der Waals surface area contributed by atoms with Gasteiger partial charge in [-0.1, -0.05) is 0 Å². The third-order valence-corrected chi connectivity index (χ3v) is 4.90. The summed E-state index contributed by atoms with van der Waals surface area (Å²) in [6, 6.07) is 8.01. The molecule has 27 heavy (non-hydrogen) atoms. The minimum absolute atomic E-state index is 0.109. The Morgan fingerprint density at radius 3 is 2.63 bits per heavy atom. The monoisotopic (exact) mass is 369 g/mol. The van der Waals surface area contributed by atoms with E-state index in [-0.39, 0.29) is 17.2 Å². The Hall–Kier alpha value is -3.09. The molecule has 0 amide bonds. The number of nitrogens with zero attached hydrogens (tertiary/aromatic N) is 3. The smallest absolute Gasteiger partial charge is 0.335 e. The average molecular weight is 369 g/mol. The van der Waals surface area contributed by atoms with E-state index in [4.69, 9.17) is 0 Å². The summed E-state index contributed by atoms with van der Waals surface area (Å²) >= 11 is 0. The van der Waals surface area contributed by atoms with E-state index in [1.807, 2.05) is 4.90 Å². The van der Waals surface area contributed by atoms with E-state index in [1.54, 1.807) is 6.07 Å². The molecule has 1 aliphatic rings. The topological polar surface area (TPSA) is 66.3 Å². The lowest BCUT2D eigenvalue weighted by atomic mass is 10.1. The number of rotatable bonds is 3. The van der Waals surface area contributed by atoms with Crippen molar-refractivity contribution in [3.63, 3.8) is 0 Å². The number of carboxylic acids is 1. The van der Waals surface area contributed by atoms with Crippen molar-refractivity contribution < 1.29 is 18.7 Å². The number of carbonyl (C=O) groups is 1. The molecule has 0 bridgehead atoms. The minimum Gasteiger partial charge on any atom is -0.478 e. The Morgan fingerprint density at radius 2 is 1.96 bits per heavy atom. The molecule has 4 rings (SSSR count). The average Bonchev–Trinajstić information content (AvgIpc) is 3.06. The van der Waals surface area contributed by atoms with Crippen LogP contribution in [0.25, 0.3) is 22.3 Å². The summed E-state index contributed by atoms with van der Waals surface area (Å²) < 4.78 is 27.8. The van der Waals surface area contributed by atoms with E-state index < -0.39 is 17.6 Å². The lowest BCUT2D eigenvalue weighted by molar-refractivity contribution is 0.0697. The highest BCUT2D eigenvalue weighted by Crippen LogP contribution is 2.35. The van der Waals surface area contributed by atoms with Gasteiger partial charge in [-0.15, -0.1) is 0 Å². The predicted molar refractivity (Wildman–Crippen MR) is 97.9 cm³/mol. The number of aromatic carboxylic acids is 1. The lowest BCUT2D eigenvalue weighted by Gasteiger charge is -2.25. The Kier molecular flexibility index (Phi) is 4.22. The van der Waals surface area contributed by atoms with Gasteiger partial charge in [0, 0.05) is 24.2 Å². The molecule has 1 aliphatic heterocycles. The van der Waals surface area contributed by atoms with Crippen LogP contribution in [0.1, 0.15) is 30.1 Å². The zero-order chi connectivity index (χ0) is 19.1. The van der Waals surface area contributed by atoms with Crippen molar-refractivity contribution in [2.75, 3.05) is 11.4 Å². The number of fused-ring (bicyclic) bond motifs is 1. The predicted octanol–water partition coefficient (Wildman–Crippen LogP) is 4.26. The van der Waals surface area contributed by atoms with Crippen molar-refractivity contribution in [3.05, 3.63) is 53.6 Å². The van der Waals surface area contributed by atoms with Crippen LogP contribution < -0.4 is 4.90 Å². The second kappa shape index (κ2) is 6.57. The van der Waals surface area contributed by atoms with Crippen molar-refractivity contribution in [2.24, 2.45) is 0 Å². The molecule has 2 aromatic carbocycles. The first kappa shape index (κ1) is 17.3. The molecule has 0 spiro atoms. The molecule has 1 N–H and O–H groups in total. The summed E-state index contributed by atoms with van der Waals surface area (Å²) in [6.07, 6.45) is 1.95. The van der Waals surface area contributed by atoms with Gasteiger partial charge in [0.15, 0.2) is 5.82 Å². The Labute approximate surface area is 154 Å². The molecule has 1 saturated heterocycles. The van der Waals surface area contributed by atoms with Gasteiger partial charge in [0.1, 0.15) is 17.3 Å². The molecule has 2 heterocycles. The van der Waals surface area contributed by atoms with Gasteiger partial charge in [0.2, 0.25) is 0 Å². The van der Waals surface area contributed by atoms with E-state index in [1.165, 1.54) is 24.3 Å². The summed E-state index contributed by atoms with van der Waals surface area (Å²) in [7, 11) is 0. The summed E-state index contributed by atoms with van der Waals surface area (Å²) in [6.45, 7) is 2.80. The number of hydrogen-bond acceptors (Lipinski definition) is 4. The summed E-state index contributed by atoms with van der Waals surface area (Å²) in [4.78, 5) is 22.5. The molecule has 1 fully saturated rings. The van der Waals surface area contributed by atoms with Crippen LogP contribution in [0.5, 0.6) is 0 Å². The largest absolute Gasteiger partial charge is 0.478 e. The van der Waals surface area contributed by atoms with Crippen molar-refractivity contribution in [3.8, 4) is 11.3 Å². The van der Waals surface area contributed by atoms with Crippen molar-refractivity contribution in [1.29, 1.82) is 0 Å². The third kappa shape index (κ3) is 3.09. The first-order chi connectivity index (χ1) is 12.9. The normalized spacial score (nSPS) is 16.9. The van der Waals surface area contributed by atoms with Gasteiger partial charge < -0.3 is 10.0 Å². The molecule has 1 atom stereocenters. The highest BCUT2D eigenvalue weighted by Gasteiger charge is 2.27. The summed E-state index contributed by atoms with van der Waals surface area (Å²) in [5, 5.41) is 9.22. The SMILES string of the molecule is CC1CCCN1c1nc2cc(C(=O)O)ccc2nc1-c1ccc(F)cc1F. The maximum Gasteiger partial charge on any atom is 0.335 e. The standard InChI is InChI=1S/C20H17F2N3O2/c1-11-3-2-8-25(11)19-18(14-6-5-13(21)10-15(14)22)23-16-7-4-12(20(26)27)9-17(16)24-19/h4-7,9-11H,2-3,8H2,1H3,(H,26,27). The Morgan fingerprint density at radius 1 is 1.15 bits per heavy atom. The zero-order valence-corrected chi connectivity index (χ0v) is 14.6. The van der Waals surface area contributed by atoms with Gasteiger partial charge >= 0.3 is 5.97 Å². The molecule has 7 heteroatoms.